The largest absolute Gasteiger partial charge is 1.00 e. The molecule has 2 aliphatic rings. The Balaban J connectivity index is 0.00000231. The summed E-state index contributed by atoms with van der Waals surface area (Å²) >= 11 is 7.22. The Morgan fingerprint density at radius 3 is 2.81 bits per heavy atom. The molecular weight excluding hydrogens is 480 g/mol. The van der Waals surface area contributed by atoms with Gasteiger partial charge < -0.3 is 29.5 Å². The maximum atomic E-state index is 11.7. The number of nitrogens with two attached hydrogens (primary N) is 1. The van der Waals surface area contributed by atoms with E-state index in [1.807, 2.05) is 12.1 Å². The Hall–Kier alpha value is -0.760. The molecule has 2 aromatic heterocycles. The molecule has 0 radical (unpaired) electrons. The maximum absolute atomic E-state index is 11.7. The van der Waals surface area contributed by atoms with Gasteiger partial charge in [-0.25, -0.2) is 15.0 Å². The van der Waals surface area contributed by atoms with E-state index in [0.717, 1.165) is 4.90 Å². The van der Waals surface area contributed by atoms with Crippen molar-refractivity contribution in [3.63, 3.8) is 0 Å². The molecule has 2 fully saturated rings. The second-order valence-electron chi connectivity index (χ2n) is 6.62. The Bertz CT molecular complexity index is 1170. The van der Waals surface area contributed by atoms with Gasteiger partial charge in [0.25, 0.3) is 7.82 Å². The van der Waals surface area contributed by atoms with Crippen LogP contribution in [-0.2, 0) is 18.3 Å². The number of anilines is 1. The summed E-state index contributed by atoms with van der Waals surface area (Å²) < 4.78 is 28.7. The van der Waals surface area contributed by atoms with E-state index in [0.29, 0.717) is 21.3 Å². The first kappa shape index (κ1) is 23.4. The predicted octanol–water partition coefficient (Wildman–Crippen LogP) is -1.64. The number of ether oxygens (including phenoxy) is 1. The van der Waals surface area contributed by atoms with Crippen molar-refractivity contribution in [2.75, 3.05) is 12.3 Å². The molecule has 5 rings (SSSR count). The number of benzene rings is 1. The van der Waals surface area contributed by atoms with Gasteiger partial charge in [-0.2, -0.15) is 0 Å². The fraction of sp³-hybridized carbons (Fsp3) is 0.312. The quantitative estimate of drug-likeness (QED) is 0.318. The molecule has 0 aliphatic carbocycles. The van der Waals surface area contributed by atoms with Crippen molar-refractivity contribution in [3.05, 3.63) is 35.6 Å². The number of fused-ring (bicyclic) bond motifs is 2. The second kappa shape index (κ2) is 8.88. The molecule has 3 aromatic rings. The third kappa shape index (κ3) is 4.40. The fourth-order valence-corrected chi connectivity index (χ4v) is 5.34. The summed E-state index contributed by atoms with van der Waals surface area (Å²) in [6.07, 6.45) is -2.98. The average Bonchev–Trinajstić information content (AvgIpc) is 3.21. The summed E-state index contributed by atoms with van der Waals surface area (Å²) in [7, 11) is -4.50. The molecule has 158 valence electrons. The number of aliphatic hydroxyl groups excluding tert-OH is 1. The molecule has 0 bridgehead atoms. The van der Waals surface area contributed by atoms with Gasteiger partial charge in [0.1, 0.15) is 24.6 Å². The van der Waals surface area contributed by atoms with Gasteiger partial charge in [0.2, 0.25) is 0 Å². The van der Waals surface area contributed by atoms with Crippen LogP contribution in [0, 0.1) is 0 Å². The van der Waals surface area contributed by atoms with Crippen LogP contribution in [0.15, 0.2) is 40.6 Å². The van der Waals surface area contributed by atoms with Gasteiger partial charge in [-0.1, -0.05) is 23.4 Å². The summed E-state index contributed by atoms with van der Waals surface area (Å²) in [4.78, 5) is 25.2. The van der Waals surface area contributed by atoms with Gasteiger partial charge in [0.15, 0.2) is 28.4 Å². The van der Waals surface area contributed by atoms with Crippen molar-refractivity contribution in [2.45, 2.75) is 34.6 Å². The van der Waals surface area contributed by atoms with Gasteiger partial charge in [-0.3, -0.25) is 9.13 Å². The topological polar surface area (TPSA) is 158 Å². The number of aliphatic hydroxyl groups is 1. The summed E-state index contributed by atoms with van der Waals surface area (Å²) in [6, 6.07) is 7.08. The van der Waals surface area contributed by atoms with Crippen LogP contribution in [0.3, 0.4) is 0 Å². The molecule has 0 amide bonds. The Kier molecular flexibility index (Phi) is 6.70. The third-order valence-corrected chi connectivity index (χ3v) is 6.90. The molecule has 2 saturated heterocycles. The minimum Gasteiger partial charge on any atom is -0.756 e. The van der Waals surface area contributed by atoms with Gasteiger partial charge in [-0.05, 0) is 24.3 Å². The number of nitrogen functional groups attached to an aromatic ring is 1. The van der Waals surface area contributed by atoms with Gasteiger partial charge >= 0.3 is 29.6 Å². The zero-order valence-electron chi connectivity index (χ0n) is 16.0. The number of nitrogens with zero attached hydrogens (tertiary/aromatic N) is 4. The number of halogens is 1. The van der Waals surface area contributed by atoms with Crippen molar-refractivity contribution in [1.82, 2.24) is 19.5 Å². The van der Waals surface area contributed by atoms with Crippen LogP contribution in [0.25, 0.3) is 11.2 Å². The standard InChI is InChI=1S/C16H15ClN5O6PS.Na/c17-7-1-3-8(4-2-7)30-16-21-10-13(18)19-6-20-14(10)22(16)15-11(23)12-9(27-15)5-26-29(24,25)28-12;/h1-4,6,9,11-12,15,23H,5H2,(H,24,25)(H2,18,19,20);/q;+1/p-1/t9-,11-,12-,15-;/m1./s1. The van der Waals surface area contributed by atoms with Crippen molar-refractivity contribution in [1.29, 1.82) is 0 Å². The van der Waals surface area contributed by atoms with Crippen LogP contribution in [-0.4, -0.2) is 49.5 Å². The molecule has 5 atom stereocenters. The van der Waals surface area contributed by atoms with E-state index in [9.17, 15) is 14.6 Å². The molecule has 1 aromatic carbocycles. The normalized spacial score (nSPS) is 30.2. The molecule has 0 saturated carbocycles. The minimum absolute atomic E-state index is 0. The second-order valence-corrected chi connectivity index (χ2v) is 9.46. The van der Waals surface area contributed by atoms with E-state index >= 15 is 0 Å². The molecule has 0 spiro atoms. The summed E-state index contributed by atoms with van der Waals surface area (Å²) in [5.74, 6) is 0.158. The van der Waals surface area contributed by atoms with Crippen LogP contribution in [0.1, 0.15) is 6.23 Å². The fourth-order valence-electron chi connectivity index (χ4n) is 3.36. The van der Waals surface area contributed by atoms with E-state index < -0.39 is 32.4 Å². The minimum atomic E-state index is -4.50. The van der Waals surface area contributed by atoms with E-state index in [1.165, 1.54) is 18.1 Å². The van der Waals surface area contributed by atoms with Crippen molar-refractivity contribution >= 4 is 48.2 Å². The van der Waals surface area contributed by atoms with Crippen LogP contribution >= 0.6 is 31.2 Å². The van der Waals surface area contributed by atoms with E-state index in [1.54, 1.807) is 16.7 Å². The summed E-state index contributed by atoms with van der Waals surface area (Å²) in [5.41, 5.74) is 6.61. The smallest absolute Gasteiger partial charge is 0.756 e. The van der Waals surface area contributed by atoms with Crippen LogP contribution < -0.4 is 40.2 Å². The van der Waals surface area contributed by atoms with E-state index in [4.69, 9.17) is 31.1 Å². The maximum Gasteiger partial charge on any atom is 1.00 e. The number of aromatic nitrogens is 4. The predicted molar refractivity (Wildman–Crippen MR) is 104 cm³/mol. The first-order valence-electron chi connectivity index (χ1n) is 8.72. The Labute approximate surface area is 207 Å². The third-order valence-electron chi connectivity index (χ3n) is 4.71. The molecule has 2 aliphatic heterocycles. The molecule has 31 heavy (non-hydrogen) atoms. The zero-order valence-corrected chi connectivity index (χ0v) is 20.5. The first-order chi connectivity index (χ1) is 14.3. The Morgan fingerprint density at radius 1 is 1.32 bits per heavy atom. The van der Waals surface area contributed by atoms with Crippen LogP contribution in [0.2, 0.25) is 5.02 Å². The number of phosphoric ester groups is 1. The molecule has 3 N–H and O–H groups in total. The first-order valence-corrected chi connectivity index (χ1v) is 11.4. The number of phosphoric acid groups is 1. The summed E-state index contributed by atoms with van der Waals surface area (Å²) in [6.45, 7) is -0.261. The average molecular weight is 494 g/mol. The van der Waals surface area contributed by atoms with Gasteiger partial charge in [0, 0.05) is 9.92 Å². The van der Waals surface area contributed by atoms with Gasteiger partial charge in [0.05, 0.1) is 6.61 Å². The molecule has 4 heterocycles. The number of hydrogen-bond donors (Lipinski definition) is 2. The zero-order chi connectivity index (χ0) is 21.0. The molecule has 11 nitrogen and oxygen atoms in total. The number of imidazole rings is 1. The van der Waals surface area contributed by atoms with Gasteiger partial charge in [-0.15, -0.1) is 0 Å². The van der Waals surface area contributed by atoms with E-state index in [2.05, 4.69) is 15.0 Å². The van der Waals surface area contributed by atoms with Crippen molar-refractivity contribution in [2.24, 2.45) is 0 Å². The molecule has 15 heteroatoms. The summed E-state index contributed by atoms with van der Waals surface area (Å²) in [5, 5.41) is 11.8. The molecular formula is C16H14ClN5NaO6PS. The van der Waals surface area contributed by atoms with E-state index in [-0.39, 0.29) is 42.0 Å². The van der Waals surface area contributed by atoms with Crippen LogP contribution in [0.4, 0.5) is 5.82 Å². The Morgan fingerprint density at radius 2 is 2.06 bits per heavy atom. The number of hydrogen-bond acceptors (Lipinski definition) is 11. The van der Waals surface area contributed by atoms with Crippen LogP contribution in [0.5, 0.6) is 0 Å². The van der Waals surface area contributed by atoms with Crippen molar-refractivity contribution in [3.8, 4) is 0 Å². The molecule has 1 unspecified atom stereocenters. The van der Waals surface area contributed by atoms with Crippen molar-refractivity contribution < 1.29 is 57.9 Å². The SMILES string of the molecule is Nc1ncnc2c1nc(Sc1ccc(Cl)cc1)n2[C@@H]1O[C@@H]2COP(=O)([O-])O[C@H]2[C@H]1O.[Na+]. The monoisotopic (exact) mass is 493 g/mol. The number of rotatable bonds is 3.